The van der Waals surface area contributed by atoms with Gasteiger partial charge in [-0.3, -0.25) is 0 Å². The third kappa shape index (κ3) is 4.89. The lowest BCUT2D eigenvalue weighted by Gasteiger charge is -2.31. The zero-order valence-corrected chi connectivity index (χ0v) is 25.3. The molecule has 0 N–H and O–H groups in total. The van der Waals surface area contributed by atoms with Crippen LogP contribution in [-0.4, -0.2) is 0 Å². The third-order valence-corrected chi connectivity index (χ3v) is 7.55. The van der Waals surface area contributed by atoms with Gasteiger partial charge in [-0.15, -0.1) is 39.2 Å². The zero-order chi connectivity index (χ0) is 30.2. The van der Waals surface area contributed by atoms with Crippen molar-refractivity contribution in [3.8, 4) is 35.1 Å². The summed E-state index contributed by atoms with van der Waals surface area (Å²) in [6.07, 6.45) is 9.04. The molecule has 1 unspecified atom stereocenters. The van der Waals surface area contributed by atoms with Crippen LogP contribution in [0.15, 0.2) is 106 Å². The van der Waals surface area contributed by atoms with Crippen LogP contribution in [0.3, 0.4) is 0 Å². The molecule has 0 fully saturated rings. The van der Waals surface area contributed by atoms with Gasteiger partial charge in [0.1, 0.15) is 0 Å². The molecule has 4 aromatic carbocycles. The van der Waals surface area contributed by atoms with Crippen molar-refractivity contribution < 1.29 is 0 Å². The average Bonchev–Trinajstić information content (AvgIpc) is 3.46. The van der Waals surface area contributed by atoms with Crippen LogP contribution < -0.4 is 0 Å². The molecule has 0 saturated carbocycles. The molecule has 4 aromatic rings. The van der Waals surface area contributed by atoms with E-state index in [-0.39, 0.29) is 5.41 Å². The molecule has 0 bridgehead atoms. The van der Waals surface area contributed by atoms with Gasteiger partial charge in [0.15, 0.2) is 0 Å². The first-order chi connectivity index (χ1) is 19.4. The Hall–Kier alpha value is -4.34. The van der Waals surface area contributed by atoms with Crippen molar-refractivity contribution in [1.29, 1.82) is 0 Å². The fourth-order valence-electron chi connectivity index (χ4n) is 5.99. The summed E-state index contributed by atoms with van der Waals surface area (Å²) in [5.74, 6) is 0. The monoisotopic (exact) mass is 524 g/mol. The molecule has 0 radical (unpaired) electrons. The summed E-state index contributed by atoms with van der Waals surface area (Å²) in [4.78, 5) is 0. The van der Waals surface area contributed by atoms with Gasteiger partial charge < -0.3 is 0 Å². The Morgan fingerprint density at radius 1 is 0.625 bits per heavy atom. The Balaban J connectivity index is 0.000000646. The Morgan fingerprint density at radius 3 is 1.43 bits per heavy atom. The lowest BCUT2D eigenvalue weighted by molar-refractivity contribution is 0.789. The normalized spacial score (nSPS) is 14.1. The fourth-order valence-corrected chi connectivity index (χ4v) is 5.99. The second-order valence-corrected chi connectivity index (χ2v) is 9.62. The Kier molecular flexibility index (Phi) is 10.9. The molecule has 40 heavy (non-hydrogen) atoms. The van der Waals surface area contributed by atoms with E-state index in [1.54, 1.807) is 0 Å². The summed E-state index contributed by atoms with van der Waals surface area (Å²) in [6.45, 7) is 29.0. The molecule has 2 aliphatic rings. The van der Waals surface area contributed by atoms with E-state index in [2.05, 4.69) is 146 Å². The smallest absolute Gasteiger partial charge is 0.0726 e. The summed E-state index contributed by atoms with van der Waals surface area (Å²) in [5.41, 5.74) is 17.2. The third-order valence-electron chi connectivity index (χ3n) is 7.55. The SMILES string of the molecule is C#C.C=C.C=C.C=C(C)c1ccc2c(c1)C1(c3cc(C)ccc3-c3ccc(CC)cc31)c1cc(C)ccc1-2.CC. The van der Waals surface area contributed by atoms with E-state index in [1.165, 1.54) is 66.8 Å². The van der Waals surface area contributed by atoms with Crippen molar-refractivity contribution in [1.82, 2.24) is 0 Å². The van der Waals surface area contributed by atoms with Crippen LogP contribution in [0.1, 0.15) is 72.2 Å². The van der Waals surface area contributed by atoms with Crippen LogP contribution in [0, 0.1) is 26.7 Å². The number of aryl methyl sites for hydroxylation is 3. The number of benzene rings is 4. The van der Waals surface area contributed by atoms with Gasteiger partial charge in [0.05, 0.1) is 5.41 Å². The minimum atomic E-state index is -0.274. The molecule has 0 aromatic heterocycles. The highest BCUT2D eigenvalue weighted by Gasteiger charge is 2.51. The highest BCUT2D eigenvalue weighted by molar-refractivity contribution is 5.95. The van der Waals surface area contributed by atoms with E-state index in [1.807, 2.05) is 13.8 Å². The van der Waals surface area contributed by atoms with Gasteiger partial charge >= 0.3 is 0 Å². The number of allylic oxidation sites excluding steroid dienone is 1. The Labute approximate surface area is 243 Å². The van der Waals surface area contributed by atoms with Crippen LogP contribution in [0.4, 0.5) is 0 Å². The first-order valence-electron chi connectivity index (χ1n) is 13.9. The Morgan fingerprint density at radius 2 is 1.00 bits per heavy atom. The summed E-state index contributed by atoms with van der Waals surface area (Å²) >= 11 is 0. The molecule has 0 saturated heterocycles. The summed E-state index contributed by atoms with van der Waals surface area (Å²) in [7, 11) is 0. The van der Waals surface area contributed by atoms with Gasteiger partial charge in [-0.1, -0.05) is 111 Å². The predicted molar refractivity (Wildman–Crippen MR) is 180 cm³/mol. The number of hydrogen-bond donors (Lipinski definition) is 0. The molecule has 1 atom stereocenters. The van der Waals surface area contributed by atoms with Crippen molar-refractivity contribution in [2.75, 3.05) is 0 Å². The van der Waals surface area contributed by atoms with E-state index in [4.69, 9.17) is 0 Å². The molecule has 204 valence electrons. The van der Waals surface area contributed by atoms with Crippen LogP contribution in [-0.2, 0) is 11.8 Å². The molecule has 0 nitrogen and oxygen atoms in total. The molecule has 6 rings (SSSR count). The molecule has 1 spiro atoms. The van der Waals surface area contributed by atoms with Crippen molar-refractivity contribution in [3.63, 3.8) is 0 Å². The maximum atomic E-state index is 4.26. The molecule has 0 heterocycles. The quantitative estimate of drug-likeness (QED) is 0.156. The van der Waals surface area contributed by atoms with Gasteiger partial charge in [-0.2, -0.15) is 0 Å². The Bertz CT molecular complexity index is 1510. The summed E-state index contributed by atoms with van der Waals surface area (Å²) in [5, 5.41) is 0. The van der Waals surface area contributed by atoms with E-state index in [0.717, 1.165) is 12.0 Å². The number of fused-ring (bicyclic) bond motifs is 10. The van der Waals surface area contributed by atoms with Crippen LogP contribution in [0.5, 0.6) is 0 Å². The van der Waals surface area contributed by atoms with E-state index in [9.17, 15) is 0 Å². The largest absolute Gasteiger partial charge is 0.124 e. The van der Waals surface area contributed by atoms with Gasteiger partial charge in [0.2, 0.25) is 0 Å². The molecule has 0 aliphatic heterocycles. The van der Waals surface area contributed by atoms with Gasteiger partial charge in [-0.25, -0.2) is 0 Å². The maximum Gasteiger partial charge on any atom is 0.0726 e. The molecule has 0 heteroatoms. The van der Waals surface area contributed by atoms with Crippen molar-refractivity contribution in [2.45, 2.75) is 53.4 Å². The average molecular weight is 525 g/mol. The number of hydrogen-bond acceptors (Lipinski definition) is 0. The van der Waals surface area contributed by atoms with E-state index < -0.39 is 0 Å². The summed E-state index contributed by atoms with van der Waals surface area (Å²) in [6, 6.07) is 28.1. The minimum absolute atomic E-state index is 0.274. The first-order valence-corrected chi connectivity index (χ1v) is 13.9. The van der Waals surface area contributed by atoms with E-state index >= 15 is 0 Å². The topological polar surface area (TPSA) is 0 Å². The van der Waals surface area contributed by atoms with Gasteiger partial charge in [0, 0.05) is 0 Å². The highest BCUT2D eigenvalue weighted by Crippen LogP contribution is 2.63. The van der Waals surface area contributed by atoms with Crippen LogP contribution in [0.2, 0.25) is 0 Å². The van der Waals surface area contributed by atoms with E-state index in [0.29, 0.717) is 0 Å². The lowest BCUT2D eigenvalue weighted by Crippen LogP contribution is -2.26. The van der Waals surface area contributed by atoms with Crippen molar-refractivity contribution in [2.24, 2.45) is 0 Å². The maximum absolute atomic E-state index is 4.26. The zero-order valence-electron chi connectivity index (χ0n) is 25.3. The van der Waals surface area contributed by atoms with Crippen molar-refractivity contribution >= 4 is 5.57 Å². The van der Waals surface area contributed by atoms with Crippen LogP contribution >= 0.6 is 0 Å². The van der Waals surface area contributed by atoms with Crippen molar-refractivity contribution in [3.05, 3.63) is 150 Å². The van der Waals surface area contributed by atoms with Crippen LogP contribution in [0.25, 0.3) is 27.8 Å². The highest BCUT2D eigenvalue weighted by atomic mass is 14.5. The molecular weight excluding hydrogens is 480 g/mol. The second-order valence-electron chi connectivity index (χ2n) is 9.62. The predicted octanol–water partition coefficient (Wildman–Crippen LogP) is 11.1. The summed E-state index contributed by atoms with van der Waals surface area (Å²) < 4.78 is 0. The standard InChI is InChI=1S/C32H28.C2H6.2C2H4.C2H2/c1-6-22-9-13-26-24-11-7-20(4)15-28(24)32(30(26)17-22)29-16-21(5)8-12-25(29)27-14-10-23(19(2)3)18-31(27)32;4*1-2/h7-18H,2,6H2,1,3-5H3;1-2H3;2*1-2H2;1-2H. The first kappa shape index (κ1) is 31.9. The van der Waals surface area contributed by atoms with Gasteiger partial charge in [0.25, 0.3) is 0 Å². The number of rotatable bonds is 2. The second kappa shape index (κ2) is 13.6. The fraction of sp³-hybridized carbons (Fsp3) is 0.200. The molecule has 0 amide bonds. The number of terminal acetylenes is 1. The molecule has 2 aliphatic carbocycles. The van der Waals surface area contributed by atoms with Gasteiger partial charge in [-0.05, 0) is 88.9 Å². The lowest BCUT2D eigenvalue weighted by atomic mass is 9.69. The molecular formula is C40H44. The minimum Gasteiger partial charge on any atom is -0.124 e.